The lowest BCUT2D eigenvalue weighted by atomic mass is 10.0. The van der Waals surface area contributed by atoms with Crippen LogP contribution in [-0.2, 0) is 0 Å². The molecule has 0 radical (unpaired) electrons. The third kappa shape index (κ3) is 3.25. The van der Waals surface area contributed by atoms with E-state index >= 15 is 0 Å². The molecule has 0 spiro atoms. The Kier molecular flexibility index (Phi) is 5.20. The third-order valence-electron chi connectivity index (χ3n) is 3.33. The van der Waals surface area contributed by atoms with Gasteiger partial charge >= 0.3 is 0 Å². The molecule has 18 heavy (non-hydrogen) atoms. The second-order valence-electron chi connectivity index (χ2n) is 4.72. The van der Waals surface area contributed by atoms with Crippen LogP contribution in [0.25, 0.3) is 0 Å². The molecule has 1 amide bonds. The van der Waals surface area contributed by atoms with E-state index in [-0.39, 0.29) is 11.9 Å². The van der Waals surface area contributed by atoms with Crippen LogP contribution in [0.3, 0.4) is 0 Å². The summed E-state index contributed by atoms with van der Waals surface area (Å²) in [4.78, 5) is 14.2. The van der Waals surface area contributed by atoms with Crippen molar-refractivity contribution in [3.05, 3.63) is 27.7 Å². The lowest BCUT2D eigenvalue weighted by Gasteiger charge is -2.25. The predicted octanol–water partition coefficient (Wildman–Crippen LogP) is 3.60. The van der Waals surface area contributed by atoms with E-state index in [1.807, 2.05) is 26.1 Å². The SMILES string of the molecule is CCCC(C)N(C)C(=O)c1cc(Br)cc(N)c1C. The van der Waals surface area contributed by atoms with Gasteiger partial charge < -0.3 is 10.6 Å². The summed E-state index contributed by atoms with van der Waals surface area (Å²) in [6, 6.07) is 3.90. The Morgan fingerprint density at radius 3 is 2.67 bits per heavy atom. The van der Waals surface area contributed by atoms with Gasteiger partial charge in [0.1, 0.15) is 0 Å². The molecule has 0 aromatic heterocycles. The highest BCUT2D eigenvalue weighted by molar-refractivity contribution is 9.10. The molecule has 0 aliphatic carbocycles. The molecule has 100 valence electrons. The van der Waals surface area contributed by atoms with Gasteiger partial charge in [-0.25, -0.2) is 0 Å². The van der Waals surface area contributed by atoms with Crippen molar-refractivity contribution in [3.8, 4) is 0 Å². The minimum absolute atomic E-state index is 0.0291. The molecular formula is C14H21BrN2O. The molecule has 1 aromatic rings. The predicted molar refractivity (Wildman–Crippen MR) is 79.8 cm³/mol. The monoisotopic (exact) mass is 312 g/mol. The quantitative estimate of drug-likeness (QED) is 0.863. The van der Waals surface area contributed by atoms with E-state index in [1.165, 1.54) is 0 Å². The average molecular weight is 313 g/mol. The number of halogens is 1. The van der Waals surface area contributed by atoms with Crippen LogP contribution in [0.2, 0.25) is 0 Å². The number of carbonyl (C=O) groups excluding carboxylic acids is 1. The molecule has 2 N–H and O–H groups in total. The first-order valence-corrected chi connectivity index (χ1v) is 7.00. The van der Waals surface area contributed by atoms with Crippen LogP contribution in [0.1, 0.15) is 42.6 Å². The first-order chi connectivity index (χ1) is 8.38. The highest BCUT2D eigenvalue weighted by Crippen LogP contribution is 2.24. The summed E-state index contributed by atoms with van der Waals surface area (Å²) in [5, 5.41) is 0. The Balaban J connectivity index is 3.04. The van der Waals surface area contributed by atoms with Gasteiger partial charge in [0.2, 0.25) is 0 Å². The molecule has 3 nitrogen and oxygen atoms in total. The number of carbonyl (C=O) groups is 1. The molecule has 0 saturated heterocycles. The molecular weight excluding hydrogens is 292 g/mol. The van der Waals surface area contributed by atoms with E-state index < -0.39 is 0 Å². The Hall–Kier alpha value is -1.03. The normalized spacial score (nSPS) is 12.3. The maximum Gasteiger partial charge on any atom is 0.254 e. The number of amides is 1. The van der Waals surface area contributed by atoms with Crippen molar-refractivity contribution in [2.45, 2.75) is 39.7 Å². The van der Waals surface area contributed by atoms with E-state index in [2.05, 4.69) is 29.8 Å². The van der Waals surface area contributed by atoms with E-state index in [9.17, 15) is 4.79 Å². The number of hydrogen-bond donors (Lipinski definition) is 1. The van der Waals surface area contributed by atoms with Crippen LogP contribution in [0, 0.1) is 6.92 Å². The van der Waals surface area contributed by atoms with Crippen LogP contribution in [-0.4, -0.2) is 23.9 Å². The van der Waals surface area contributed by atoms with E-state index in [0.29, 0.717) is 11.3 Å². The zero-order valence-corrected chi connectivity index (χ0v) is 13.0. The van der Waals surface area contributed by atoms with Gasteiger partial charge in [-0.05, 0) is 38.0 Å². The van der Waals surface area contributed by atoms with Gasteiger partial charge in [-0.1, -0.05) is 29.3 Å². The Morgan fingerprint density at radius 2 is 2.11 bits per heavy atom. The fourth-order valence-electron chi connectivity index (χ4n) is 1.92. The largest absolute Gasteiger partial charge is 0.398 e. The fourth-order valence-corrected chi connectivity index (χ4v) is 2.40. The number of benzene rings is 1. The van der Waals surface area contributed by atoms with E-state index in [1.54, 1.807) is 4.90 Å². The van der Waals surface area contributed by atoms with Gasteiger partial charge in [0.05, 0.1) is 0 Å². The van der Waals surface area contributed by atoms with Gasteiger partial charge in [0.25, 0.3) is 5.91 Å². The fraction of sp³-hybridized carbons (Fsp3) is 0.500. The average Bonchev–Trinajstić information content (AvgIpc) is 2.32. The summed E-state index contributed by atoms with van der Waals surface area (Å²) in [5.41, 5.74) is 8.06. The van der Waals surface area contributed by atoms with Gasteiger partial charge in [-0.3, -0.25) is 4.79 Å². The lowest BCUT2D eigenvalue weighted by molar-refractivity contribution is 0.0736. The summed E-state index contributed by atoms with van der Waals surface area (Å²) in [6.07, 6.45) is 2.07. The molecule has 0 bridgehead atoms. The molecule has 1 unspecified atom stereocenters. The topological polar surface area (TPSA) is 46.3 Å². The molecule has 0 aliphatic rings. The molecule has 0 saturated carbocycles. The van der Waals surface area contributed by atoms with Crippen LogP contribution < -0.4 is 5.73 Å². The number of nitrogens with zero attached hydrogens (tertiary/aromatic N) is 1. The molecule has 0 aliphatic heterocycles. The maximum absolute atomic E-state index is 12.4. The standard InChI is InChI=1S/C14H21BrN2O/c1-5-6-9(2)17(4)14(18)12-7-11(15)8-13(16)10(12)3/h7-9H,5-6,16H2,1-4H3. The van der Waals surface area contributed by atoms with Gasteiger partial charge in [-0.2, -0.15) is 0 Å². The lowest BCUT2D eigenvalue weighted by Crippen LogP contribution is -2.35. The van der Waals surface area contributed by atoms with Gasteiger partial charge in [0, 0.05) is 28.8 Å². The summed E-state index contributed by atoms with van der Waals surface area (Å²) < 4.78 is 0.838. The first-order valence-electron chi connectivity index (χ1n) is 6.21. The molecule has 1 atom stereocenters. The third-order valence-corrected chi connectivity index (χ3v) is 3.79. The minimum atomic E-state index is 0.0291. The molecule has 0 fully saturated rings. The number of anilines is 1. The first kappa shape index (κ1) is 15.0. The van der Waals surface area contributed by atoms with Crippen molar-refractivity contribution in [1.82, 2.24) is 4.90 Å². The zero-order valence-electron chi connectivity index (χ0n) is 11.5. The second-order valence-corrected chi connectivity index (χ2v) is 5.64. The summed E-state index contributed by atoms with van der Waals surface area (Å²) in [6.45, 7) is 6.07. The number of nitrogen functional groups attached to an aromatic ring is 1. The Labute approximate surface area is 117 Å². The van der Waals surface area contributed by atoms with Crippen molar-refractivity contribution in [2.24, 2.45) is 0 Å². The van der Waals surface area contributed by atoms with Gasteiger partial charge in [0.15, 0.2) is 0 Å². The Bertz CT molecular complexity index is 446. The highest BCUT2D eigenvalue weighted by Gasteiger charge is 2.19. The highest BCUT2D eigenvalue weighted by atomic mass is 79.9. The molecule has 1 rings (SSSR count). The van der Waals surface area contributed by atoms with Crippen LogP contribution in [0.15, 0.2) is 16.6 Å². The number of nitrogens with two attached hydrogens (primary N) is 1. The zero-order chi connectivity index (χ0) is 13.9. The van der Waals surface area contributed by atoms with Crippen molar-refractivity contribution >= 4 is 27.5 Å². The Morgan fingerprint density at radius 1 is 1.50 bits per heavy atom. The van der Waals surface area contributed by atoms with Crippen molar-refractivity contribution in [2.75, 3.05) is 12.8 Å². The van der Waals surface area contributed by atoms with Crippen molar-refractivity contribution < 1.29 is 4.79 Å². The van der Waals surface area contributed by atoms with Crippen molar-refractivity contribution in [1.29, 1.82) is 0 Å². The van der Waals surface area contributed by atoms with Crippen LogP contribution in [0.4, 0.5) is 5.69 Å². The van der Waals surface area contributed by atoms with E-state index in [0.717, 1.165) is 22.9 Å². The summed E-state index contributed by atoms with van der Waals surface area (Å²) in [5.74, 6) is 0.0291. The number of rotatable bonds is 4. The van der Waals surface area contributed by atoms with Crippen LogP contribution >= 0.6 is 15.9 Å². The maximum atomic E-state index is 12.4. The minimum Gasteiger partial charge on any atom is -0.398 e. The molecule has 1 aromatic carbocycles. The van der Waals surface area contributed by atoms with E-state index in [4.69, 9.17) is 5.73 Å². The van der Waals surface area contributed by atoms with Crippen molar-refractivity contribution in [3.63, 3.8) is 0 Å². The number of hydrogen-bond acceptors (Lipinski definition) is 2. The second kappa shape index (κ2) is 6.23. The summed E-state index contributed by atoms with van der Waals surface area (Å²) in [7, 11) is 1.85. The summed E-state index contributed by atoms with van der Waals surface area (Å²) >= 11 is 3.38. The smallest absolute Gasteiger partial charge is 0.254 e. The van der Waals surface area contributed by atoms with Gasteiger partial charge in [-0.15, -0.1) is 0 Å². The van der Waals surface area contributed by atoms with Crippen LogP contribution in [0.5, 0.6) is 0 Å². The molecule has 0 heterocycles. The molecule has 4 heteroatoms.